The van der Waals surface area contributed by atoms with Crippen LogP contribution in [0.15, 0.2) is 11.4 Å². The number of nitrogens with one attached hydrogen (secondary N) is 1. The van der Waals surface area contributed by atoms with Gasteiger partial charge in [0.25, 0.3) is 0 Å². The molecule has 5 nitrogen and oxygen atoms in total. The van der Waals surface area contributed by atoms with E-state index >= 15 is 0 Å². The van der Waals surface area contributed by atoms with Gasteiger partial charge in [-0.25, -0.2) is 4.79 Å². The lowest BCUT2D eigenvalue weighted by molar-refractivity contribution is 0.166. The monoisotopic (exact) mass is 293 g/mol. The summed E-state index contributed by atoms with van der Waals surface area (Å²) in [5.41, 5.74) is 6.46. The van der Waals surface area contributed by atoms with Crippen LogP contribution < -0.4 is 11.1 Å². The molecule has 1 aliphatic heterocycles. The third kappa shape index (κ3) is 3.97. The van der Waals surface area contributed by atoms with Crippen molar-refractivity contribution < 1.29 is 9.53 Å². The van der Waals surface area contributed by atoms with E-state index in [2.05, 4.69) is 32.2 Å². The van der Waals surface area contributed by atoms with Gasteiger partial charge in [-0.05, 0) is 17.9 Å². The highest BCUT2D eigenvalue weighted by Crippen LogP contribution is 2.21. The molecule has 1 atom stereocenters. The second-order valence-electron chi connectivity index (χ2n) is 4.62. The molecule has 2 heterocycles. The van der Waals surface area contributed by atoms with Crippen LogP contribution in [0.5, 0.6) is 0 Å². The molecule has 1 saturated heterocycles. The summed E-state index contributed by atoms with van der Waals surface area (Å²) in [7, 11) is 1.39. The number of carbonyl (C=O) groups is 1. The minimum atomic E-state index is -0.359. The summed E-state index contributed by atoms with van der Waals surface area (Å²) in [6.07, 6.45) is 0.590. The predicted octanol–water partition coefficient (Wildman–Crippen LogP) is 0.989. The van der Waals surface area contributed by atoms with E-state index in [0.29, 0.717) is 6.54 Å². The van der Waals surface area contributed by atoms with E-state index in [1.54, 1.807) is 11.3 Å². The van der Waals surface area contributed by atoms with Crippen molar-refractivity contribution in [2.75, 3.05) is 26.7 Å². The van der Waals surface area contributed by atoms with Crippen molar-refractivity contribution in [3.63, 3.8) is 0 Å². The molecule has 1 amide bonds. The topological polar surface area (TPSA) is 67.6 Å². The fourth-order valence-electron chi connectivity index (χ4n) is 2.24. The first-order chi connectivity index (χ1) is 9.72. The van der Waals surface area contributed by atoms with Crippen LogP contribution in [0.1, 0.15) is 16.9 Å². The Morgan fingerprint density at radius 1 is 1.70 bits per heavy atom. The normalized spacial score (nSPS) is 18.4. The molecular weight excluding hydrogens is 274 g/mol. The standard InChI is InChI=1S/C14H19N3O2S/c1-19-14(18)16-12-4-7-17(9-12)10-13-11(3-2-6-15)5-8-20-13/h5,8,12H,4,6-7,9-10,15H2,1H3,(H,16,18). The highest BCUT2D eigenvalue weighted by Gasteiger charge is 2.24. The minimum absolute atomic E-state index is 0.168. The number of rotatable bonds is 3. The van der Waals surface area contributed by atoms with E-state index in [1.165, 1.54) is 12.0 Å². The van der Waals surface area contributed by atoms with Gasteiger partial charge in [0.05, 0.1) is 13.7 Å². The number of hydrogen-bond acceptors (Lipinski definition) is 5. The highest BCUT2D eigenvalue weighted by atomic mass is 32.1. The summed E-state index contributed by atoms with van der Waals surface area (Å²) in [4.78, 5) is 14.8. The van der Waals surface area contributed by atoms with E-state index in [4.69, 9.17) is 5.73 Å². The molecule has 1 fully saturated rings. The number of alkyl carbamates (subject to hydrolysis) is 1. The molecule has 1 aromatic heterocycles. The van der Waals surface area contributed by atoms with Crippen LogP contribution >= 0.6 is 11.3 Å². The van der Waals surface area contributed by atoms with Gasteiger partial charge >= 0.3 is 6.09 Å². The molecule has 2 rings (SSSR count). The minimum Gasteiger partial charge on any atom is -0.453 e. The molecule has 108 valence electrons. The lowest BCUT2D eigenvalue weighted by Crippen LogP contribution is -2.36. The average molecular weight is 293 g/mol. The first kappa shape index (κ1) is 14.9. The Morgan fingerprint density at radius 2 is 2.55 bits per heavy atom. The quantitative estimate of drug-likeness (QED) is 0.816. The molecule has 0 radical (unpaired) electrons. The molecule has 1 unspecified atom stereocenters. The van der Waals surface area contributed by atoms with Crippen LogP contribution in [0.2, 0.25) is 0 Å². The van der Waals surface area contributed by atoms with Crippen LogP contribution in [0, 0.1) is 11.8 Å². The van der Waals surface area contributed by atoms with E-state index in [-0.39, 0.29) is 12.1 Å². The zero-order valence-electron chi connectivity index (χ0n) is 11.5. The molecule has 0 aromatic carbocycles. The average Bonchev–Trinajstić information content (AvgIpc) is 3.06. The molecule has 1 aliphatic rings. The number of likely N-dealkylation sites (tertiary alicyclic amines) is 1. The van der Waals surface area contributed by atoms with Gasteiger partial charge in [0, 0.05) is 36.1 Å². The van der Waals surface area contributed by atoms with Gasteiger partial charge in [-0.15, -0.1) is 11.3 Å². The molecule has 3 N–H and O–H groups in total. The van der Waals surface area contributed by atoms with Crippen molar-refractivity contribution >= 4 is 17.4 Å². The van der Waals surface area contributed by atoms with Crippen LogP contribution in [-0.4, -0.2) is 43.8 Å². The number of hydrogen-bond donors (Lipinski definition) is 2. The Hall–Kier alpha value is -1.55. The van der Waals surface area contributed by atoms with Gasteiger partial charge in [0.15, 0.2) is 0 Å². The molecular formula is C14H19N3O2S. The summed E-state index contributed by atoms with van der Waals surface area (Å²) in [5, 5.41) is 4.89. The van der Waals surface area contributed by atoms with Crippen molar-refractivity contribution in [2.24, 2.45) is 5.73 Å². The van der Waals surface area contributed by atoms with Crippen molar-refractivity contribution in [3.8, 4) is 11.8 Å². The maximum Gasteiger partial charge on any atom is 0.407 e. The van der Waals surface area contributed by atoms with Crippen molar-refractivity contribution in [1.82, 2.24) is 10.2 Å². The molecule has 0 spiro atoms. The maximum absolute atomic E-state index is 11.2. The van der Waals surface area contributed by atoms with Crippen LogP contribution in [0.3, 0.4) is 0 Å². The lowest BCUT2D eigenvalue weighted by atomic mass is 10.2. The summed E-state index contributed by atoms with van der Waals surface area (Å²) in [6.45, 7) is 3.06. The lowest BCUT2D eigenvalue weighted by Gasteiger charge is -2.15. The second kappa shape index (κ2) is 7.29. The van der Waals surface area contributed by atoms with Gasteiger partial charge in [0.1, 0.15) is 0 Å². The Labute approximate surface area is 123 Å². The number of ether oxygens (including phenoxy) is 1. The van der Waals surface area contributed by atoms with Crippen LogP contribution in [-0.2, 0) is 11.3 Å². The Kier molecular flexibility index (Phi) is 5.41. The number of carbonyl (C=O) groups excluding carboxylic acids is 1. The summed E-state index contributed by atoms with van der Waals surface area (Å²) >= 11 is 1.71. The van der Waals surface area contributed by atoms with Gasteiger partial charge in [-0.2, -0.15) is 0 Å². The Balaban J connectivity index is 1.89. The molecule has 0 bridgehead atoms. The van der Waals surface area contributed by atoms with E-state index in [1.807, 2.05) is 6.07 Å². The SMILES string of the molecule is COC(=O)NC1CCN(Cc2sccc2C#CCN)C1. The smallest absolute Gasteiger partial charge is 0.407 e. The Morgan fingerprint density at radius 3 is 3.30 bits per heavy atom. The number of amides is 1. The maximum atomic E-state index is 11.2. The third-order valence-electron chi connectivity index (χ3n) is 3.22. The van der Waals surface area contributed by atoms with Gasteiger partial charge in [-0.1, -0.05) is 11.8 Å². The number of nitrogens with zero attached hydrogens (tertiary/aromatic N) is 1. The molecule has 20 heavy (non-hydrogen) atoms. The highest BCUT2D eigenvalue weighted by molar-refractivity contribution is 7.10. The van der Waals surface area contributed by atoms with Gasteiger partial charge in [0.2, 0.25) is 0 Å². The Bertz CT molecular complexity index is 518. The predicted molar refractivity (Wildman–Crippen MR) is 79.5 cm³/mol. The number of nitrogens with two attached hydrogens (primary N) is 1. The van der Waals surface area contributed by atoms with E-state index in [9.17, 15) is 4.79 Å². The van der Waals surface area contributed by atoms with Crippen molar-refractivity contribution in [2.45, 2.75) is 19.0 Å². The van der Waals surface area contributed by atoms with Crippen LogP contribution in [0.25, 0.3) is 0 Å². The first-order valence-electron chi connectivity index (χ1n) is 6.55. The van der Waals surface area contributed by atoms with Gasteiger partial charge in [-0.3, -0.25) is 4.90 Å². The third-order valence-corrected chi connectivity index (χ3v) is 4.12. The second-order valence-corrected chi connectivity index (χ2v) is 5.62. The number of methoxy groups -OCH3 is 1. The summed E-state index contributed by atoms with van der Waals surface area (Å²) in [5.74, 6) is 5.99. The van der Waals surface area contributed by atoms with Crippen molar-refractivity contribution in [1.29, 1.82) is 0 Å². The van der Waals surface area contributed by atoms with E-state index in [0.717, 1.165) is 31.6 Å². The van der Waals surface area contributed by atoms with E-state index < -0.39 is 0 Å². The summed E-state index contributed by atoms with van der Waals surface area (Å²) in [6, 6.07) is 2.20. The largest absolute Gasteiger partial charge is 0.453 e. The zero-order chi connectivity index (χ0) is 14.4. The first-order valence-corrected chi connectivity index (χ1v) is 7.43. The number of thiophene rings is 1. The van der Waals surface area contributed by atoms with Crippen LogP contribution in [0.4, 0.5) is 4.79 Å². The summed E-state index contributed by atoms with van der Waals surface area (Å²) < 4.78 is 4.62. The fraction of sp³-hybridized carbons (Fsp3) is 0.500. The van der Waals surface area contributed by atoms with Crippen molar-refractivity contribution in [3.05, 3.63) is 21.9 Å². The zero-order valence-corrected chi connectivity index (χ0v) is 12.3. The molecule has 0 aliphatic carbocycles. The molecule has 1 aromatic rings. The van der Waals surface area contributed by atoms with Gasteiger partial charge < -0.3 is 15.8 Å². The molecule has 6 heteroatoms. The molecule has 0 saturated carbocycles. The fourth-order valence-corrected chi connectivity index (χ4v) is 3.11.